The second-order valence-electron chi connectivity index (χ2n) is 2.20. The largest absolute Gasteiger partial charge is 0.400 e. The first kappa shape index (κ1) is 12.6. The van der Waals surface area contributed by atoms with Gasteiger partial charge in [0.05, 0.1) is 5.52 Å². The molecule has 0 fully saturated rings. The highest BCUT2D eigenvalue weighted by atomic mass is 16.2. The van der Waals surface area contributed by atoms with Crippen LogP contribution in [0.25, 0.3) is 10.9 Å². The number of pyridine rings is 1. The van der Waals surface area contributed by atoms with E-state index in [1.54, 1.807) is 0 Å². The molecule has 0 radical (unpaired) electrons. The number of aliphatic hydroxyl groups excluding tert-OH is 1. The summed E-state index contributed by atoms with van der Waals surface area (Å²) in [6.45, 7) is 4.00. The third kappa shape index (κ3) is 3.54. The monoisotopic (exact) mass is 191 g/mol. The Bertz CT molecular complexity index is 281. The van der Waals surface area contributed by atoms with Gasteiger partial charge in [-0.25, -0.2) is 0 Å². The number of fused-ring (bicyclic) bond motifs is 1. The van der Waals surface area contributed by atoms with Crippen LogP contribution in [-0.2, 0) is 0 Å². The van der Waals surface area contributed by atoms with Crippen molar-refractivity contribution in [3.8, 4) is 0 Å². The van der Waals surface area contributed by atoms with E-state index in [1.165, 1.54) is 5.39 Å². The van der Waals surface area contributed by atoms with Crippen molar-refractivity contribution < 1.29 is 5.11 Å². The van der Waals surface area contributed by atoms with Gasteiger partial charge < -0.3 is 5.11 Å². The molecule has 2 aromatic rings. The minimum absolute atomic E-state index is 1.00. The number of hydrogen-bond donors (Lipinski definition) is 1. The van der Waals surface area contributed by atoms with Gasteiger partial charge in [-0.05, 0) is 12.1 Å². The molecule has 76 valence electrons. The van der Waals surface area contributed by atoms with E-state index < -0.39 is 0 Å². The maximum atomic E-state index is 7.00. The number of aliphatic hydroxyl groups is 1. The topological polar surface area (TPSA) is 33.1 Å². The second kappa shape index (κ2) is 8.20. The first-order valence-electron chi connectivity index (χ1n) is 4.71. The highest BCUT2D eigenvalue weighted by molar-refractivity contribution is 5.77. The standard InChI is InChI=1S/C9H7N.C2H6.CH4O/c1-2-6-9-8(4-1)5-3-7-10-9;2*1-2/h1-7H;1-2H3;2H,1H3. The van der Waals surface area contributed by atoms with Crippen LogP contribution in [0.2, 0.25) is 0 Å². The Kier molecular flexibility index (Phi) is 7.37. The molecule has 0 spiro atoms. The Morgan fingerprint density at radius 2 is 1.50 bits per heavy atom. The Labute approximate surface area is 85.2 Å². The zero-order valence-corrected chi connectivity index (χ0v) is 8.94. The summed E-state index contributed by atoms with van der Waals surface area (Å²) in [7, 11) is 1.00. The van der Waals surface area contributed by atoms with Crippen LogP contribution in [0.4, 0.5) is 0 Å². The van der Waals surface area contributed by atoms with Crippen molar-refractivity contribution in [2.45, 2.75) is 13.8 Å². The molecule has 0 aliphatic rings. The third-order valence-corrected chi connectivity index (χ3v) is 1.51. The lowest BCUT2D eigenvalue weighted by molar-refractivity contribution is 0.399. The van der Waals surface area contributed by atoms with E-state index in [4.69, 9.17) is 5.11 Å². The summed E-state index contributed by atoms with van der Waals surface area (Å²) in [5.41, 5.74) is 1.06. The van der Waals surface area contributed by atoms with Crippen molar-refractivity contribution in [1.82, 2.24) is 4.98 Å². The molecule has 1 aromatic carbocycles. The fourth-order valence-corrected chi connectivity index (χ4v) is 1.02. The van der Waals surface area contributed by atoms with Crippen LogP contribution in [0.5, 0.6) is 0 Å². The van der Waals surface area contributed by atoms with Crippen molar-refractivity contribution in [2.75, 3.05) is 7.11 Å². The fraction of sp³-hybridized carbons (Fsp3) is 0.250. The van der Waals surface area contributed by atoms with Crippen LogP contribution in [-0.4, -0.2) is 17.2 Å². The Balaban J connectivity index is 0.000000379. The van der Waals surface area contributed by atoms with E-state index in [1.807, 2.05) is 44.3 Å². The van der Waals surface area contributed by atoms with Gasteiger partial charge in [0, 0.05) is 18.7 Å². The number of hydrogen-bond acceptors (Lipinski definition) is 2. The SMILES string of the molecule is CC.CO.c1ccc2ncccc2c1. The molecule has 2 nitrogen and oxygen atoms in total. The maximum Gasteiger partial charge on any atom is 0.0701 e. The normalized spacial score (nSPS) is 8.00. The molecule has 0 saturated carbocycles. The molecule has 0 saturated heterocycles. The van der Waals surface area contributed by atoms with Gasteiger partial charge in [-0.1, -0.05) is 38.1 Å². The van der Waals surface area contributed by atoms with Crippen LogP contribution < -0.4 is 0 Å². The Morgan fingerprint density at radius 3 is 2.14 bits per heavy atom. The number of nitrogens with zero attached hydrogens (tertiary/aromatic N) is 1. The van der Waals surface area contributed by atoms with E-state index in [0.717, 1.165) is 12.6 Å². The summed E-state index contributed by atoms with van der Waals surface area (Å²) < 4.78 is 0. The van der Waals surface area contributed by atoms with Gasteiger partial charge in [-0.15, -0.1) is 0 Å². The van der Waals surface area contributed by atoms with E-state index >= 15 is 0 Å². The highest BCUT2D eigenvalue weighted by Gasteiger charge is 1.86. The first-order valence-corrected chi connectivity index (χ1v) is 4.71. The molecule has 0 unspecified atom stereocenters. The molecule has 1 N–H and O–H groups in total. The molecule has 0 aliphatic carbocycles. The first-order chi connectivity index (χ1) is 6.97. The van der Waals surface area contributed by atoms with Crippen molar-refractivity contribution in [1.29, 1.82) is 0 Å². The van der Waals surface area contributed by atoms with Crippen molar-refractivity contribution >= 4 is 10.9 Å². The summed E-state index contributed by atoms with van der Waals surface area (Å²) in [6, 6.07) is 12.1. The van der Waals surface area contributed by atoms with Gasteiger partial charge in [-0.3, -0.25) is 4.98 Å². The molecule has 1 heterocycles. The highest BCUT2D eigenvalue weighted by Crippen LogP contribution is 2.07. The lowest BCUT2D eigenvalue weighted by atomic mass is 10.2. The number of aromatic nitrogens is 1. The smallest absolute Gasteiger partial charge is 0.0701 e. The molecule has 0 atom stereocenters. The molecule has 14 heavy (non-hydrogen) atoms. The zero-order chi connectivity index (χ0) is 10.8. The minimum atomic E-state index is 1.00. The summed E-state index contributed by atoms with van der Waals surface area (Å²) in [4.78, 5) is 4.18. The fourth-order valence-electron chi connectivity index (χ4n) is 1.02. The Hall–Kier alpha value is -1.41. The predicted octanol–water partition coefficient (Wildman–Crippen LogP) is 2.87. The van der Waals surface area contributed by atoms with Crippen LogP contribution in [0.1, 0.15) is 13.8 Å². The quantitative estimate of drug-likeness (QED) is 0.694. The average Bonchev–Trinajstić information content (AvgIpc) is 2.34. The molecule has 0 amide bonds. The van der Waals surface area contributed by atoms with Gasteiger partial charge in [0.25, 0.3) is 0 Å². The van der Waals surface area contributed by atoms with Crippen LogP contribution in [0.3, 0.4) is 0 Å². The van der Waals surface area contributed by atoms with E-state index in [-0.39, 0.29) is 0 Å². The predicted molar refractivity (Wildman–Crippen MR) is 61.2 cm³/mol. The lowest BCUT2D eigenvalue weighted by Gasteiger charge is -1.91. The number of rotatable bonds is 0. The van der Waals surface area contributed by atoms with Crippen molar-refractivity contribution in [3.63, 3.8) is 0 Å². The molecule has 0 bridgehead atoms. The van der Waals surface area contributed by atoms with Crippen molar-refractivity contribution in [3.05, 3.63) is 42.6 Å². The van der Waals surface area contributed by atoms with Gasteiger partial charge in [0.15, 0.2) is 0 Å². The second-order valence-corrected chi connectivity index (χ2v) is 2.20. The van der Waals surface area contributed by atoms with Gasteiger partial charge in [0.2, 0.25) is 0 Å². The average molecular weight is 191 g/mol. The van der Waals surface area contributed by atoms with E-state index in [0.29, 0.717) is 0 Å². The summed E-state index contributed by atoms with van der Waals surface area (Å²) >= 11 is 0. The molecule has 2 heteroatoms. The number of para-hydroxylation sites is 1. The van der Waals surface area contributed by atoms with E-state index in [2.05, 4.69) is 17.1 Å². The maximum absolute atomic E-state index is 7.00. The summed E-state index contributed by atoms with van der Waals surface area (Å²) in [5.74, 6) is 0. The number of benzene rings is 1. The molecular weight excluding hydrogens is 174 g/mol. The molecule has 0 aliphatic heterocycles. The summed E-state index contributed by atoms with van der Waals surface area (Å²) in [5, 5.41) is 8.20. The van der Waals surface area contributed by atoms with E-state index in [9.17, 15) is 0 Å². The van der Waals surface area contributed by atoms with Crippen molar-refractivity contribution in [2.24, 2.45) is 0 Å². The van der Waals surface area contributed by atoms with Gasteiger partial charge in [-0.2, -0.15) is 0 Å². The van der Waals surface area contributed by atoms with Crippen LogP contribution in [0, 0.1) is 0 Å². The summed E-state index contributed by atoms with van der Waals surface area (Å²) in [6.07, 6.45) is 1.81. The van der Waals surface area contributed by atoms with Crippen LogP contribution >= 0.6 is 0 Å². The molecule has 2 rings (SSSR count). The van der Waals surface area contributed by atoms with Gasteiger partial charge in [0.1, 0.15) is 0 Å². The molecular formula is C12H17NO. The zero-order valence-electron chi connectivity index (χ0n) is 8.94. The lowest BCUT2D eigenvalue weighted by Crippen LogP contribution is -1.73. The minimum Gasteiger partial charge on any atom is -0.400 e. The van der Waals surface area contributed by atoms with Gasteiger partial charge >= 0.3 is 0 Å². The Morgan fingerprint density at radius 1 is 0.929 bits per heavy atom. The van der Waals surface area contributed by atoms with Crippen LogP contribution in [0.15, 0.2) is 42.6 Å². The molecule has 1 aromatic heterocycles. The third-order valence-electron chi connectivity index (χ3n) is 1.51.